The van der Waals surface area contributed by atoms with Crippen molar-refractivity contribution < 1.29 is 4.79 Å². The van der Waals surface area contributed by atoms with Crippen LogP contribution in [0.15, 0.2) is 54.9 Å². The zero-order valence-electron chi connectivity index (χ0n) is 13.6. The van der Waals surface area contributed by atoms with Gasteiger partial charge in [0.15, 0.2) is 0 Å². The van der Waals surface area contributed by atoms with Crippen molar-refractivity contribution in [3.63, 3.8) is 0 Å². The highest BCUT2D eigenvalue weighted by atomic mass is 35.5. The molecule has 0 fully saturated rings. The highest BCUT2D eigenvalue weighted by Gasteiger charge is 2.08. The van der Waals surface area contributed by atoms with Gasteiger partial charge in [0.2, 0.25) is 0 Å². The predicted molar refractivity (Wildman–Crippen MR) is 96.7 cm³/mol. The van der Waals surface area contributed by atoms with E-state index in [0.29, 0.717) is 10.6 Å². The molecule has 122 valence electrons. The Kier molecular flexibility index (Phi) is 4.67. The molecule has 0 spiro atoms. The van der Waals surface area contributed by atoms with Crippen LogP contribution in [0.2, 0.25) is 5.02 Å². The molecular weight excluding hydrogens is 322 g/mol. The Balaban J connectivity index is 1.72. The number of nitrogens with one attached hydrogen (secondary N) is 1. The topological polar surface area (TPSA) is 46.9 Å². The van der Waals surface area contributed by atoms with Crippen LogP contribution in [0.5, 0.6) is 0 Å². The Morgan fingerprint density at radius 1 is 1.17 bits per heavy atom. The maximum absolute atomic E-state index is 12.4. The van der Waals surface area contributed by atoms with E-state index in [1.165, 1.54) is 0 Å². The Hall–Kier alpha value is -2.59. The fraction of sp³-hybridized carbons (Fsp3) is 0.158. The van der Waals surface area contributed by atoms with Gasteiger partial charge in [-0.05, 0) is 49.2 Å². The minimum Gasteiger partial charge on any atom is -0.331 e. The van der Waals surface area contributed by atoms with E-state index in [4.69, 9.17) is 11.6 Å². The number of amides is 1. The molecule has 1 heterocycles. The van der Waals surface area contributed by atoms with Crippen molar-refractivity contribution in [3.8, 4) is 0 Å². The van der Waals surface area contributed by atoms with Crippen LogP contribution in [0.4, 0.5) is 5.69 Å². The van der Waals surface area contributed by atoms with Crippen LogP contribution in [0.1, 0.15) is 27.3 Å². The monoisotopic (exact) mass is 339 g/mol. The van der Waals surface area contributed by atoms with Crippen LogP contribution in [0, 0.1) is 13.8 Å². The normalized spacial score (nSPS) is 10.6. The van der Waals surface area contributed by atoms with E-state index in [1.54, 1.807) is 18.3 Å². The molecule has 3 rings (SSSR count). The van der Waals surface area contributed by atoms with Crippen LogP contribution >= 0.6 is 11.6 Å². The molecule has 2 aromatic carbocycles. The van der Waals surface area contributed by atoms with Crippen molar-refractivity contribution >= 4 is 23.2 Å². The summed E-state index contributed by atoms with van der Waals surface area (Å²) in [5.41, 5.74) is 3.43. The number of hydrogen-bond donors (Lipinski definition) is 1. The van der Waals surface area contributed by atoms with Crippen molar-refractivity contribution in [2.75, 3.05) is 5.32 Å². The van der Waals surface area contributed by atoms with E-state index in [-0.39, 0.29) is 5.91 Å². The maximum Gasteiger partial charge on any atom is 0.255 e. The van der Waals surface area contributed by atoms with Crippen LogP contribution in [-0.2, 0) is 6.54 Å². The summed E-state index contributed by atoms with van der Waals surface area (Å²) in [6.45, 7) is 4.64. The standard InChI is InChI=1S/C19H18ClN3O/c1-13-3-8-17(20)11-18(13)22-19(24)16-6-4-15(5-7-16)12-23-10-9-21-14(23)2/h3-11H,12H2,1-2H3,(H,22,24). The molecular formula is C19H18ClN3O. The smallest absolute Gasteiger partial charge is 0.255 e. The number of anilines is 1. The molecule has 1 amide bonds. The Morgan fingerprint density at radius 2 is 1.92 bits per heavy atom. The Bertz CT molecular complexity index is 869. The third-order valence-corrected chi connectivity index (χ3v) is 4.18. The van der Waals surface area contributed by atoms with Crippen molar-refractivity contribution in [1.82, 2.24) is 9.55 Å². The Labute approximate surface area is 146 Å². The number of aryl methyl sites for hydroxylation is 2. The van der Waals surface area contributed by atoms with Gasteiger partial charge in [-0.1, -0.05) is 29.8 Å². The lowest BCUT2D eigenvalue weighted by Crippen LogP contribution is -2.13. The molecule has 0 atom stereocenters. The summed E-state index contributed by atoms with van der Waals surface area (Å²) in [5.74, 6) is 0.818. The van der Waals surface area contributed by atoms with Gasteiger partial charge in [0.05, 0.1) is 0 Å². The summed E-state index contributed by atoms with van der Waals surface area (Å²) in [4.78, 5) is 16.6. The van der Waals surface area contributed by atoms with Crippen LogP contribution in [-0.4, -0.2) is 15.5 Å². The lowest BCUT2D eigenvalue weighted by Gasteiger charge is -2.10. The number of rotatable bonds is 4. The summed E-state index contributed by atoms with van der Waals surface area (Å²) in [5, 5.41) is 3.50. The molecule has 1 aromatic heterocycles. The first-order valence-electron chi connectivity index (χ1n) is 7.67. The van der Waals surface area contributed by atoms with E-state index in [0.717, 1.165) is 29.2 Å². The molecule has 0 aliphatic rings. The quantitative estimate of drug-likeness (QED) is 0.763. The maximum atomic E-state index is 12.4. The first-order valence-corrected chi connectivity index (χ1v) is 8.05. The predicted octanol–water partition coefficient (Wildman–Crippen LogP) is 4.45. The molecule has 1 N–H and O–H groups in total. The third kappa shape index (κ3) is 3.66. The second kappa shape index (κ2) is 6.89. The van der Waals surface area contributed by atoms with Crippen molar-refractivity contribution in [2.45, 2.75) is 20.4 Å². The molecule has 0 saturated heterocycles. The minimum atomic E-state index is -0.147. The van der Waals surface area contributed by atoms with Gasteiger partial charge in [0, 0.05) is 35.2 Å². The van der Waals surface area contributed by atoms with E-state index in [1.807, 2.05) is 50.4 Å². The van der Waals surface area contributed by atoms with E-state index in [2.05, 4.69) is 14.9 Å². The molecule has 24 heavy (non-hydrogen) atoms. The van der Waals surface area contributed by atoms with Gasteiger partial charge in [0.1, 0.15) is 5.82 Å². The summed E-state index contributed by atoms with van der Waals surface area (Å²) in [6, 6.07) is 13.0. The highest BCUT2D eigenvalue weighted by molar-refractivity contribution is 6.31. The lowest BCUT2D eigenvalue weighted by molar-refractivity contribution is 0.102. The Morgan fingerprint density at radius 3 is 2.58 bits per heavy atom. The van der Waals surface area contributed by atoms with Crippen molar-refractivity contribution in [1.29, 1.82) is 0 Å². The first kappa shape index (κ1) is 16.3. The number of halogens is 1. The molecule has 0 bridgehead atoms. The van der Waals surface area contributed by atoms with Gasteiger partial charge in [-0.3, -0.25) is 4.79 Å². The summed E-state index contributed by atoms with van der Waals surface area (Å²) >= 11 is 5.99. The van der Waals surface area contributed by atoms with Gasteiger partial charge in [-0.25, -0.2) is 4.98 Å². The highest BCUT2D eigenvalue weighted by Crippen LogP contribution is 2.21. The number of carbonyl (C=O) groups excluding carboxylic acids is 1. The molecule has 0 aliphatic carbocycles. The van der Waals surface area contributed by atoms with Crippen LogP contribution in [0.3, 0.4) is 0 Å². The number of imidazole rings is 1. The SMILES string of the molecule is Cc1ccc(Cl)cc1NC(=O)c1ccc(Cn2ccnc2C)cc1. The number of nitrogens with zero attached hydrogens (tertiary/aromatic N) is 2. The number of hydrogen-bond acceptors (Lipinski definition) is 2. The molecule has 0 aliphatic heterocycles. The molecule has 5 heteroatoms. The van der Waals surface area contributed by atoms with Gasteiger partial charge >= 0.3 is 0 Å². The zero-order valence-corrected chi connectivity index (χ0v) is 14.3. The number of aromatic nitrogens is 2. The zero-order chi connectivity index (χ0) is 17.1. The molecule has 0 unspecified atom stereocenters. The van der Waals surface area contributed by atoms with E-state index < -0.39 is 0 Å². The summed E-state index contributed by atoms with van der Waals surface area (Å²) in [7, 11) is 0. The van der Waals surface area contributed by atoms with Gasteiger partial charge in [-0.15, -0.1) is 0 Å². The lowest BCUT2D eigenvalue weighted by atomic mass is 10.1. The molecule has 3 aromatic rings. The fourth-order valence-corrected chi connectivity index (χ4v) is 2.62. The number of carbonyl (C=O) groups is 1. The average molecular weight is 340 g/mol. The van der Waals surface area contributed by atoms with Crippen LogP contribution < -0.4 is 5.32 Å². The molecule has 0 radical (unpaired) electrons. The second-order valence-electron chi connectivity index (χ2n) is 5.71. The van der Waals surface area contributed by atoms with Crippen molar-refractivity contribution in [2.24, 2.45) is 0 Å². The molecule has 0 saturated carbocycles. The van der Waals surface area contributed by atoms with Gasteiger partial charge in [0.25, 0.3) is 5.91 Å². The van der Waals surface area contributed by atoms with Gasteiger partial charge < -0.3 is 9.88 Å². The fourth-order valence-electron chi connectivity index (χ4n) is 2.45. The minimum absolute atomic E-state index is 0.147. The largest absolute Gasteiger partial charge is 0.331 e. The summed E-state index contributed by atoms with van der Waals surface area (Å²) in [6.07, 6.45) is 3.72. The van der Waals surface area contributed by atoms with Gasteiger partial charge in [-0.2, -0.15) is 0 Å². The van der Waals surface area contributed by atoms with E-state index >= 15 is 0 Å². The second-order valence-corrected chi connectivity index (χ2v) is 6.15. The van der Waals surface area contributed by atoms with Crippen molar-refractivity contribution in [3.05, 3.63) is 82.4 Å². The molecule has 4 nitrogen and oxygen atoms in total. The third-order valence-electron chi connectivity index (χ3n) is 3.94. The number of benzene rings is 2. The van der Waals surface area contributed by atoms with Crippen LogP contribution in [0.25, 0.3) is 0 Å². The van der Waals surface area contributed by atoms with E-state index in [9.17, 15) is 4.79 Å². The first-order chi connectivity index (χ1) is 11.5. The summed E-state index contributed by atoms with van der Waals surface area (Å²) < 4.78 is 2.06. The average Bonchev–Trinajstić information content (AvgIpc) is 2.96.